The second-order valence-corrected chi connectivity index (χ2v) is 5.38. The molecule has 0 bridgehead atoms. The topological polar surface area (TPSA) is 12.0 Å². The first-order valence-corrected chi connectivity index (χ1v) is 7.04. The Morgan fingerprint density at radius 2 is 1.04 bits per heavy atom. The quantitative estimate of drug-likeness (QED) is 0.555. The van der Waals surface area contributed by atoms with Gasteiger partial charge in [0.15, 0.2) is 0 Å². The number of rotatable bonds is 3. The Morgan fingerprint density at radius 1 is 0.704 bits per heavy atom. The van der Waals surface area contributed by atoms with Gasteiger partial charge in [0.05, 0.1) is 22.3 Å². The average Bonchev–Trinajstić information content (AvgIpc) is 2.42. The highest BCUT2D eigenvalue weighted by Gasteiger charge is 2.54. The minimum Gasteiger partial charge on any atom is -0.313 e. The van der Waals surface area contributed by atoms with Gasteiger partial charge in [0.25, 0.3) is 0 Å². The number of alkyl halides is 12. The molecule has 1 N–H and O–H groups in total. The first kappa shape index (κ1) is 23.4. The Kier molecular flexibility index (Phi) is 6.11. The van der Waals surface area contributed by atoms with Crippen molar-refractivity contribution >= 4 is 0 Å². The predicted octanol–water partition coefficient (Wildman–Crippen LogP) is 6.43. The lowest BCUT2D eigenvalue weighted by atomic mass is 9.85. The lowest BCUT2D eigenvalue weighted by Gasteiger charge is -2.30. The summed E-state index contributed by atoms with van der Waals surface area (Å²) < 4.78 is 158. The molecule has 0 fully saturated rings. The van der Waals surface area contributed by atoms with E-state index in [1.807, 2.05) is 5.32 Å². The number of nitrogens with one attached hydrogen (secondary N) is 1. The Morgan fingerprint density at radius 3 is 1.22 bits per heavy atom. The van der Waals surface area contributed by atoms with E-state index in [9.17, 15) is 52.7 Å². The highest BCUT2D eigenvalue weighted by atomic mass is 19.4. The van der Waals surface area contributed by atoms with Crippen molar-refractivity contribution in [2.24, 2.45) is 0 Å². The Hall–Kier alpha value is -1.66. The van der Waals surface area contributed by atoms with Gasteiger partial charge in [-0.1, -0.05) is 6.92 Å². The molecule has 13 heteroatoms. The van der Waals surface area contributed by atoms with Crippen LogP contribution in [-0.2, 0) is 24.7 Å². The maximum atomic E-state index is 13.3. The third-order valence-electron chi connectivity index (χ3n) is 3.65. The van der Waals surface area contributed by atoms with Gasteiger partial charge in [0, 0.05) is 6.04 Å². The second kappa shape index (κ2) is 7.06. The summed E-state index contributed by atoms with van der Waals surface area (Å²) in [6.45, 7) is 1.01. The molecule has 0 aliphatic heterocycles. The number of benzene rings is 1. The van der Waals surface area contributed by atoms with E-state index in [-0.39, 0.29) is 0 Å². The van der Waals surface area contributed by atoms with Crippen LogP contribution >= 0.6 is 0 Å². The fourth-order valence-corrected chi connectivity index (χ4v) is 2.66. The predicted molar refractivity (Wildman–Crippen MR) is 68.5 cm³/mol. The molecule has 0 aromatic heterocycles. The fraction of sp³-hybridized carbons (Fsp3) is 0.571. The molecule has 156 valence electrons. The molecule has 0 spiro atoms. The summed E-state index contributed by atoms with van der Waals surface area (Å²) in [5.41, 5.74) is -13.4. The van der Waals surface area contributed by atoms with Crippen LogP contribution in [0.1, 0.15) is 47.2 Å². The summed E-state index contributed by atoms with van der Waals surface area (Å²) in [4.78, 5) is 0. The molecule has 1 aromatic carbocycles. The van der Waals surface area contributed by atoms with Crippen LogP contribution in [0.2, 0.25) is 0 Å². The molecule has 1 rings (SSSR count). The molecule has 27 heavy (non-hydrogen) atoms. The van der Waals surface area contributed by atoms with E-state index in [1.165, 1.54) is 0 Å². The Labute approximate surface area is 144 Å². The molecule has 0 amide bonds. The zero-order valence-corrected chi connectivity index (χ0v) is 13.4. The molecule has 0 aliphatic rings. The molecule has 1 nitrogen and oxygen atoms in total. The summed E-state index contributed by atoms with van der Waals surface area (Å²) in [5, 5.41) is 1.92. The molecule has 0 saturated heterocycles. The van der Waals surface area contributed by atoms with Gasteiger partial charge in [-0.2, -0.15) is 52.7 Å². The molecule has 1 aromatic rings. The van der Waals surface area contributed by atoms with E-state index in [0.29, 0.717) is 0 Å². The zero-order valence-electron chi connectivity index (χ0n) is 13.4. The van der Waals surface area contributed by atoms with Crippen molar-refractivity contribution in [3.8, 4) is 0 Å². The highest BCUT2D eigenvalue weighted by molar-refractivity contribution is 5.52. The summed E-state index contributed by atoms with van der Waals surface area (Å²) >= 11 is 0. The summed E-state index contributed by atoms with van der Waals surface area (Å²) in [6, 6.07) is -3.21. The van der Waals surface area contributed by atoms with Crippen LogP contribution in [0, 0.1) is 0 Å². The maximum absolute atomic E-state index is 13.3. The van der Waals surface area contributed by atoms with Gasteiger partial charge in [-0.05, 0) is 25.1 Å². The van der Waals surface area contributed by atoms with Gasteiger partial charge < -0.3 is 5.32 Å². The minimum absolute atomic E-state index is 0.638. The van der Waals surface area contributed by atoms with Crippen LogP contribution in [0.5, 0.6) is 0 Å². The monoisotopic (exact) mass is 421 g/mol. The van der Waals surface area contributed by atoms with Crippen LogP contribution < -0.4 is 5.32 Å². The highest BCUT2D eigenvalue weighted by Crippen LogP contribution is 2.52. The molecule has 0 aliphatic carbocycles. The van der Waals surface area contributed by atoms with E-state index >= 15 is 0 Å². The van der Waals surface area contributed by atoms with Gasteiger partial charge >= 0.3 is 24.7 Å². The zero-order chi connectivity index (χ0) is 21.6. The molecule has 0 saturated carbocycles. The summed E-state index contributed by atoms with van der Waals surface area (Å²) in [6.07, 6.45) is -24.6. The number of hydrogen-bond donors (Lipinski definition) is 1. The van der Waals surface area contributed by atoms with E-state index in [0.717, 1.165) is 14.0 Å². The third kappa shape index (κ3) is 4.79. The van der Waals surface area contributed by atoms with E-state index in [2.05, 4.69) is 0 Å². The number of hydrogen-bond acceptors (Lipinski definition) is 1. The first-order valence-electron chi connectivity index (χ1n) is 7.04. The van der Waals surface area contributed by atoms with Crippen LogP contribution in [-0.4, -0.2) is 7.05 Å². The van der Waals surface area contributed by atoms with Crippen molar-refractivity contribution in [1.82, 2.24) is 5.32 Å². The van der Waals surface area contributed by atoms with Crippen molar-refractivity contribution in [2.45, 2.75) is 44.1 Å². The van der Waals surface area contributed by atoms with Gasteiger partial charge in [-0.15, -0.1) is 0 Å². The van der Waals surface area contributed by atoms with Gasteiger partial charge in [-0.3, -0.25) is 0 Å². The van der Waals surface area contributed by atoms with Crippen LogP contribution in [0.3, 0.4) is 0 Å². The minimum atomic E-state index is -5.99. The molecule has 0 heterocycles. The van der Waals surface area contributed by atoms with Crippen molar-refractivity contribution in [3.63, 3.8) is 0 Å². The molecular formula is C14H11F12N. The van der Waals surface area contributed by atoms with Gasteiger partial charge in [-0.25, -0.2) is 0 Å². The maximum Gasteiger partial charge on any atom is 0.417 e. The van der Waals surface area contributed by atoms with Gasteiger partial charge in [0.1, 0.15) is 0 Å². The van der Waals surface area contributed by atoms with Crippen LogP contribution in [0.25, 0.3) is 0 Å². The first-order chi connectivity index (χ1) is 11.9. The van der Waals surface area contributed by atoms with Crippen LogP contribution in [0.4, 0.5) is 52.7 Å². The SMILES string of the molecule is CCC(NC)c1c(C(F)(F)F)c(C(F)(F)F)cc(C(F)(F)F)c1C(F)(F)F. The van der Waals surface area contributed by atoms with Crippen molar-refractivity contribution in [2.75, 3.05) is 7.05 Å². The molecule has 0 radical (unpaired) electrons. The second-order valence-electron chi connectivity index (χ2n) is 5.38. The van der Waals surface area contributed by atoms with Gasteiger partial charge in [0.2, 0.25) is 0 Å². The van der Waals surface area contributed by atoms with Crippen molar-refractivity contribution in [3.05, 3.63) is 33.9 Å². The normalized spacial score (nSPS) is 15.2. The largest absolute Gasteiger partial charge is 0.417 e. The van der Waals surface area contributed by atoms with Crippen LogP contribution in [0.15, 0.2) is 6.07 Å². The summed E-state index contributed by atoms with van der Waals surface area (Å²) in [5.74, 6) is 0. The average molecular weight is 421 g/mol. The van der Waals surface area contributed by atoms with Crippen molar-refractivity contribution < 1.29 is 52.7 Å². The lowest BCUT2D eigenvalue weighted by Crippen LogP contribution is -2.31. The third-order valence-corrected chi connectivity index (χ3v) is 3.65. The van der Waals surface area contributed by atoms with E-state index < -0.39 is 71.1 Å². The standard InChI is InChI=1S/C14H11F12N/c1-3-7(27-2)8-9(13(21,22)23)5(11(15,16)17)4-6(12(18,19)20)10(8)14(24,25)26/h4,7,27H,3H2,1-2H3. The van der Waals surface area contributed by atoms with Crippen molar-refractivity contribution in [1.29, 1.82) is 0 Å². The van der Waals surface area contributed by atoms with E-state index in [1.54, 1.807) is 0 Å². The Bertz CT molecular complexity index is 624. The smallest absolute Gasteiger partial charge is 0.313 e. The molecular weight excluding hydrogens is 410 g/mol. The Balaban J connectivity index is 4.37. The fourth-order valence-electron chi connectivity index (χ4n) is 2.66. The summed E-state index contributed by atoms with van der Waals surface area (Å²) in [7, 11) is 0.821. The van der Waals surface area contributed by atoms with E-state index in [4.69, 9.17) is 0 Å². The molecule has 1 unspecified atom stereocenters. The number of halogens is 12. The molecule has 1 atom stereocenters. The lowest BCUT2D eigenvalue weighted by molar-refractivity contribution is -0.172.